The fraction of sp³-hybridized carbons (Fsp3) is 0.250. The quantitative estimate of drug-likeness (QED) is 0.919. The zero-order valence-electron chi connectivity index (χ0n) is 12.3. The number of pyridine rings is 1. The molecule has 1 aromatic carbocycles. The Bertz CT molecular complexity index is 701. The van der Waals surface area contributed by atoms with Gasteiger partial charge in [-0.1, -0.05) is 23.2 Å². The monoisotopic (exact) mass is 351 g/mol. The van der Waals surface area contributed by atoms with E-state index >= 15 is 0 Å². The van der Waals surface area contributed by atoms with Gasteiger partial charge in [-0.15, -0.1) is 0 Å². The summed E-state index contributed by atoms with van der Waals surface area (Å²) in [4.78, 5) is 18.6. The Balaban J connectivity index is 1.68. The average Bonchev–Trinajstić information content (AvgIpc) is 2.59. The minimum Gasteiger partial charge on any atom is -0.378 e. The highest BCUT2D eigenvalue weighted by Crippen LogP contribution is 2.25. The number of carbonyl (C=O) groups excluding carboxylic acids is 1. The van der Waals surface area contributed by atoms with Crippen LogP contribution in [0, 0.1) is 0 Å². The zero-order valence-corrected chi connectivity index (χ0v) is 13.8. The topological polar surface area (TPSA) is 54.5 Å². The van der Waals surface area contributed by atoms with Gasteiger partial charge in [0.1, 0.15) is 5.69 Å². The lowest BCUT2D eigenvalue weighted by molar-refractivity contribution is 0.102. The van der Waals surface area contributed by atoms with Crippen LogP contribution < -0.4 is 10.2 Å². The molecule has 0 radical (unpaired) electrons. The first-order chi connectivity index (χ1) is 11.1. The maximum atomic E-state index is 12.2. The van der Waals surface area contributed by atoms with Crippen LogP contribution in [0.15, 0.2) is 36.5 Å². The molecule has 1 aliphatic rings. The van der Waals surface area contributed by atoms with Crippen LogP contribution in [0.2, 0.25) is 10.0 Å². The van der Waals surface area contributed by atoms with Crippen molar-refractivity contribution in [1.82, 2.24) is 4.98 Å². The molecule has 5 nitrogen and oxygen atoms in total. The molecule has 1 amide bonds. The summed E-state index contributed by atoms with van der Waals surface area (Å²) < 4.78 is 5.32. The number of anilines is 2. The molecule has 1 N–H and O–H groups in total. The lowest BCUT2D eigenvalue weighted by atomic mass is 10.2. The number of rotatable bonds is 3. The highest BCUT2D eigenvalue weighted by atomic mass is 35.5. The molecule has 7 heteroatoms. The number of ether oxygens (including phenoxy) is 1. The second kappa shape index (κ2) is 7.17. The molecular weight excluding hydrogens is 337 g/mol. The molecule has 120 valence electrons. The van der Waals surface area contributed by atoms with Gasteiger partial charge in [0.25, 0.3) is 5.91 Å². The number of morpholine rings is 1. The molecule has 1 fully saturated rings. The van der Waals surface area contributed by atoms with E-state index in [1.807, 2.05) is 6.07 Å². The Labute approximate surface area is 144 Å². The van der Waals surface area contributed by atoms with Crippen LogP contribution in [-0.4, -0.2) is 37.2 Å². The van der Waals surface area contributed by atoms with Crippen molar-refractivity contribution >= 4 is 40.5 Å². The molecule has 23 heavy (non-hydrogen) atoms. The number of aromatic nitrogens is 1. The van der Waals surface area contributed by atoms with Crippen molar-refractivity contribution < 1.29 is 9.53 Å². The van der Waals surface area contributed by atoms with E-state index in [1.165, 1.54) is 0 Å². The van der Waals surface area contributed by atoms with Crippen molar-refractivity contribution in [1.29, 1.82) is 0 Å². The molecule has 2 aromatic rings. The molecule has 1 aliphatic heterocycles. The van der Waals surface area contributed by atoms with Crippen molar-refractivity contribution in [3.05, 3.63) is 52.3 Å². The SMILES string of the molecule is O=C(Nc1ccc(Cl)c(Cl)c1)c1ccc(N2CCOCC2)cn1. The van der Waals surface area contributed by atoms with Crippen LogP contribution in [0.4, 0.5) is 11.4 Å². The molecule has 1 saturated heterocycles. The van der Waals surface area contributed by atoms with E-state index in [1.54, 1.807) is 30.5 Å². The summed E-state index contributed by atoms with van der Waals surface area (Å²) in [7, 11) is 0. The fourth-order valence-electron chi connectivity index (χ4n) is 2.30. The van der Waals surface area contributed by atoms with Gasteiger partial charge in [0.15, 0.2) is 0 Å². The third kappa shape index (κ3) is 3.93. The number of nitrogens with one attached hydrogen (secondary N) is 1. The molecular formula is C16H15Cl2N3O2. The predicted molar refractivity (Wildman–Crippen MR) is 91.7 cm³/mol. The molecule has 0 saturated carbocycles. The normalized spacial score (nSPS) is 14.6. The number of amides is 1. The summed E-state index contributed by atoms with van der Waals surface area (Å²) in [5, 5.41) is 3.58. The second-order valence-corrected chi connectivity index (χ2v) is 5.90. The number of nitrogens with zero attached hydrogens (tertiary/aromatic N) is 2. The van der Waals surface area contributed by atoms with E-state index in [-0.39, 0.29) is 5.91 Å². The van der Waals surface area contributed by atoms with Crippen LogP contribution in [0.1, 0.15) is 10.5 Å². The van der Waals surface area contributed by atoms with Crippen LogP contribution in [0.5, 0.6) is 0 Å². The predicted octanol–water partition coefficient (Wildman–Crippen LogP) is 3.48. The van der Waals surface area contributed by atoms with E-state index in [4.69, 9.17) is 27.9 Å². The van der Waals surface area contributed by atoms with Crippen LogP contribution in [0.3, 0.4) is 0 Å². The van der Waals surface area contributed by atoms with Crippen LogP contribution in [-0.2, 0) is 4.74 Å². The van der Waals surface area contributed by atoms with Crippen molar-refractivity contribution in [2.75, 3.05) is 36.5 Å². The third-order valence-corrected chi connectivity index (χ3v) is 4.27. The summed E-state index contributed by atoms with van der Waals surface area (Å²) in [6.07, 6.45) is 1.70. The van der Waals surface area contributed by atoms with Gasteiger partial charge in [-0.3, -0.25) is 4.79 Å². The summed E-state index contributed by atoms with van der Waals surface area (Å²) in [6.45, 7) is 3.08. The zero-order chi connectivity index (χ0) is 16.2. The summed E-state index contributed by atoms with van der Waals surface area (Å²) >= 11 is 11.8. The van der Waals surface area contributed by atoms with E-state index in [0.717, 1.165) is 18.8 Å². The average molecular weight is 352 g/mol. The molecule has 0 spiro atoms. The van der Waals surface area contributed by atoms with Gasteiger partial charge in [0.05, 0.1) is 35.1 Å². The first-order valence-electron chi connectivity index (χ1n) is 7.18. The minimum atomic E-state index is -0.295. The Morgan fingerprint density at radius 2 is 1.91 bits per heavy atom. The Kier molecular flexibility index (Phi) is 5.00. The number of carbonyl (C=O) groups is 1. The lowest BCUT2D eigenvalue weighted by Gasteiger charge is -2.28. The lowest BCUT2D eigenvalue weighted by Crippen LogP contribution is -2.36. The van der Waals surface area contributed by atoms with Crippen molar-refractivity contribution in [3.63, 3.8) is 0 Å². The summed E-state index contributed by atoms with van der Waals surface area (Å²) in [6, 6.07) is 8.52. The van der Waals surface area contributed by atoms with Gasteiger partial charge < -0.3 is 15.0 Å². The molecule has 1 aromatic heterocycles. The summed E-state index contributed by atoms with van der Waals surface area (Å²) in [5.74, 6) is -0.295. The van der Waals surface area contributed by atoms with Crippen molar-refractivity contribution in [2.45, 2.75) is 0 Å². The van der Waals surface area contributed by atoms with Crippen LogP contribution in [0.25, 0.3) is 0 Å². The smallest absolute Gasteiger partial charge is 0.274 e. The number of benzene rings is 1. The molecule has 0 atom stereocenters. The van der Waals surface area contributed by atoms with E-state index < -0.39 is 0 Å². The van der Waals surface area contributed by atoms with Gasteiger partial charge in [-0.25, -0.2) is 4.98 Å². The van der Waals surface area contributed by atoms with Gasteiger partial charge in [-0.2, -0.15) is 0 Å². The number of hydrogen-bond acceptors (Lipinski definition) is 4. The highest BCUT2D eigenvalue weighted by molar-refractivity contribution is 6.42. The van der Waals surface area contributed by atoms with E-state index in [0.29, 0.717) is 34.6 Å². The van der Waals surface area contributed by atoms with Gasteiger partial charge >= 0.3 is 0 Å². The first-order valence-corrected chi connectivity index (χ1v) is 7.94. The Morgan fingerprint density at radius 1 is 1.13 bits per heavy atom. The molecule has 3 rings (SSSR count). The Hall–Kier alpha value is -1.82. The van der Waals surface area contributed by atoms with Gasteiger partial charge in [-0.05, 0) is 30.3 Å². The maximum Gasteiger partial charge on any atom is 0.274 e. The third-order valence-electron chi connectivity index (χ3n) is 3.53. The highest BCUT2D eigenvalue weighted by Gasteiger charge is 2.13. The number of halogens is 2. The Morgan fingerprint density at radius 3 is 2.57 bits per heavy atom. The largest absolute Gasteiger partial charge is 0.378 e. The van der Waals surface area contributed by atoms with Gasteiger partial charge in [0, 0.05) is 18.8 Å². The maximum absolute atomic E-state index is 12.2. The van der Waals surface area contributed by atoms with E-state index in [2.05, 4.69) is 15.2 Å². The molecule has 0 aliphatic carbocycles. The second-order valence-electron chi connectivity index (χ2n) is 5.08. The van der Waals surface area contributed by atoms with Crippen molar-refractivity contribution in [3.8, 4) is 0 Å². The minimum absolute atomic E-state index is 0.295. The molecule has 0 bridgehead atoms. The van der Waals surface area contributed by atoms with Crippen molar-refractivity contribution in [2.24, 2.45) is 0 Å². The van der Waals surface area contributed by atoms with E-state index in [9.17, 15) is 4.79 Å². The standard InChI is InChI=1S/C16H15Cl2N3O2/c17-13-3-1-11(9-14(13)18)20-16(22)15-4-2-12(10-19-15)21-5-7-23-8-6-21/h1-4,9-10H,5-8H2,(H,20,22). The fourth-order valence-corrected chi connectivity index (χ4v) is 2.60. The number of hydrogen-bond donors (Lipinski definition) is 1. The molecule has 2 heterocycles. The first kappa shape index (κ1) is 16.1. The van der Waals surface area contributed by atoms with Crippen LogP contribution >= 0.6 is 23.2 Å². The van der Waals surface area contributed by atoms with Gasteiger partial charge in [0.2, 0.25) is 0 Å². The molecule has 0 unspecified atom stereocenters. The summed E-state index contributed by atoms with van der Waals surface area (Å²) in [5.41, 5.74) is 1.90.